The Bertz CT molecular complexity index is 339. The molecule has 2 bridgehead atoms. The highest BCUT2D eigenvalue weighted by molar-refractivity contribution is 5.06. The molecular weight excluding hydrogens is 256 g/mol. The number of methoxy groups -OCH3 is 1. The molecule has 3 aliphatic rings. The topological polar surface area (TPSA) is 36.9 Å². The van der Waals surface area contributed by atoms with Crippen LogP contribution in [0.3, 0.4) is 0 Å². The Balaban J connectivity index is 1.56. The van der Waals surface area contributed by atoms with Gasteiger partial charge in [-0.1, -0.05) is 25.8 Å². The van der Waals surface area contributed by atoms with Gasteiger partial charge in [0.2, 0.25) is 5.79 Å². The molecule has 2 aliphatic heterocycles. The Labute approximate surface area is 121 Å². The van der Waals surface area contributed by atoms with Gasteiger partial charge in [0.05, 0.1) is 12.7 Å². The van der Waals surface area contributed by atoms with Crippen molar-refractivity contribution in [1.29, 1.82) is 0 Å². The molecule has 0 N–H and O–H groups in total. The molecule has 3 fully saturated rings. The number of ether oxygens (including phenoxy) is 4. The molecule has 0 amide bonds. The lowest BCUT2D eigenvalue weighted by Gasteiger charge is -2.39. The fraction of sp³-hybridized carbons (Fsp3) is 0.875. The van der Waals surface area contributed by atoms with E-state index >= 15 is 0 Å². The molecule has 4 atom stereocenters. The van der Waals surface area contributed by atoms with Crippen LogP contribution in [0.4, 0.5) is 0 Å². The lowest BCUT2D eigenvalue weighted by molar-refractivity contribution is -0.247. The van der Waals surface area contributed by atoms with Crippen LogP contribution in [0.1, 0.15) is 38.5 Å². The lowest BCUT2D eigenvalue weighted by atomic mass is 9.90. The minimum absolute atomic E-state index is 0.0167. The Morgan fingerprint density at radius 2 is 2.10 bits per heavy atom. The summed E-state index contributed by atoms with van der Waals surface area (Å²) >= 11 is 0. The molecule has 0 aromatic rings. The van der Waals surface area contributed by atoms with E-state index in [1.807, 2.05) is 0 Å². The highest BCUT2D eigenvalue weighted by Crippen LogP contribution is 2.40. The quantitative estimate of drug-likeness (QED) is 0.727. The molecular formula is C16H26O4. The molecule has 4 nitrogen and oxygen atoms in total. The molecule has 114 valence electrons. The van der Waals surface area contributed by atoms with Gasteiger partial charge in [-0.15, -0.1) is 0 Å². The molecule has 0 aromatic heterocycles. The molecule has 0 aromatic carbocycles. The van der Waals surface area contributed by atoms with Crippen molar-refractivity contribution in [1.82, 2.24) is 0 Å². The predicted octanol–water partition coefficient (Wildman–Crippen LogP) is 2.67. The molecule has 20 heavy (non-hydrogen) atoms. The van der Waals surface area contributed by atoms with Gasteiger partial charge in [0.15, 0.2) is 0 Å². The van der Waals surface area contributed by atoms with Crippen LogP contribution >= 0.6 is 0 Å². The van der Waals surface area contributed by atoms with Crippen LogP contribution in [0.2, 0.25) is 0 Å². The third-order valence-corrected chi connectivity index (χ3v) is 4.96. The molecule has 2 heterocycles. The van der Waals surface area contributed by atoms with Crippen molar-refractivity contribution in [2.24, 2.45) is 5.92 Å². The first kappa shape index (κ1) is 14.5. The molecule has 1 aliphatic carbocycles. The van der Waals surface area contributed by atoms with E-state index in [2.05, 4.69) is 6.58 Å². The van der Waals surface area contributed by atoms with Crippen LogP contribution < -0.4 is 0 Å². The maximum Gasteiger partial charge on any atom is 0.215 e. The zero-order valence-electron chi connectivity index (χ0n) is 12.4. The Morgan fingerprint density at radius 3 is 2.80 bits per heavy atom. The van der Waals surface area contributed by atoms with Crippen molar-refractivity contribution in [2.75, 3.05) is 20.3 Å². The minimum atomic E-state index is -0.760. The largest absolute Gasteiger partial charge is 0.375 e. The summed E-state index contributed by atoms with van der Waals surface area (Å²) in [5.74, 6) is -0.0393. The maximum absolute atomic E-state index is 6.15. The van der Waals surface area contributed by atoms with E-state index in [0.717, 1.165) is 18.9 Å². The first-order valence-corrected chi connectivity index (χ1v) is 7.87. The van der Waals surface area contributed by atoms with Crippen LogP contribution in [0, 0.1) is 5.92 Å². The third kappa shape index (κ3) is 2.67. The zero-order valence-corrected chi connectivity index (χ0v) is 12.4. The van der Waals surface area contributed by atoms with Gasteiger partial charge in [-0.05, 0) is 24.8 Å². The van der Waals surface area contributed by atoms with Crippen molar-refractivity contribution >= 4 is 0 Å². The number of hydrogen-bond acceptors (Lipinski definition) is 4. The molecule has 1 saturated carbocycles. The second kappa shape index (κ2) is 6.14. The van der Waals surface area contributed by atoms with Crippen molar-refractivity contribution in [3.8, 4) is 0 Å². The SMILES string of the molecule is C=C[C@@]12OC[C@@H](O1)[C@@H](OCC1CCCCC1)C[C@H]2OC. The van der Waals surface area contributed by atoms with Gasteiger partial charge >= 0.3 is 0 Å². The average Bonchev–Trinajstić information content (AvgIpc) is 2.89. The summed E-state index contributed by atoms with van der Waals surface area (Å²) in [5, 5.41) is 0. The molecule has 0 spiro atoms. The van der Waals surface area contributed by atoms with Gasteiger partial charge < -0.3 is 18.9 Å². The molecule has 4 heteroatoms. The van der Waals surface area contributed by atoms with Gasteiger partial charge in [0.1, 0.15) is 12.2 Å². The summed E-state index contributed by atoms with van der Waals surface area (Å²) in [5.41, 5.74) is 0. The molecule has 0 unspecified atom stereocenters. The van der Waals surface area contributed by atoms with Gasteiger partial charge in [0.25, 0.3) is 0 Å². The van der Waals surface area contributed by atoms with Crippen molar-refractivity contribution < 1.29 is 18.9 Å². The summed E-state index contributed by atoms with van der Waals surface area (Å²) in [6, 6.07) is 0. The third-order valence-electron chi connectivity index (χ3n) is 4.96. The van der Waals surface area contributed by atoms with Crippen LogP contribution in [-0.2, 0) is 18.9 Å². The van der Waals surface area contributed by atoms with E-state index < -0.39 is 5.79 Å². The van der Waals surface area contributed by atoms with E-state index in [0.29, 0.717) is 6.61 Å². The summed E-state index contributed by atoms with van der Waals surface area (Å²) in [6.45, 7) is 5.25. The van der Waals surface area contributed by atoms with Crippen molar-refractivity contribution in [3.05, 3.63) is 12.7 Å². The second-order valence-corrected chi connectivity index (χ2v) is 6.23. The average molecular weight is 282 g/mol. The number of hydrogen-bond donors (Lipinski definition) is 0. The van der Waals surface area contributed by atoms with Gasteiger partial charge in [-0.2, -0.15) is 0 Å². The summed E-state index contributed by atoms with van der Waals surface area (Å²) in [4.78, 5) is 0. The lowest BCUT2D eigenvalue weighted by Crippen LogP contribution is -2.52. The predicted molar refractivity (Wildman–Crippen MR) is 75.5 cm³/mol. The van der Waals surface area contributed by atoms with E-state index in [4.69, 9.17) is 18.9 Å². The molecule has 2 saturated heterocycles. The van der Waals surface area contributed by atoms with E-state index in [-0.39, 0.29) is 18.3 Å². The Hall–Kier alpha value is -0.420. The number of fused-ring (bicyclic) bond motifs is 2. The zero-order chi connectivity index (χ0) is 14.0. The number of rotatable bonds is 5. The normalized spacial score (nSPS) is 41.8. The highest BCUT2D eigenvalue weighted by atomic mass is 16.8. The molecule has 0 radical (unpaired) electrons. The molecule has 3 rings (SSSR count). The van der Waals surface area contributed by atoms with E-state index in [1.165, 1.54) is 32.1 Å². The summed E-state index contributed by atoms with van der Waals surface area (Å²) in [6.07, 6.45) is 9.20. The fourth-order valence-electron chi connectivity index (χ4n) is 3.68. The first-order chi connectivity index (χ1) is 9.77. The smallest absolute Gasteiger partial charge is 0.215 e. The van der Waals surface area contributed by atoms with Gasteiger partial charge in [0, 0.05) is 20.1 Å². The standard InChI is InChI=1S/C16H26O4/c1-3-16-15(17-2)9-13(14(20-16)11-19-16)18-10-12-7-5-4-6-8-12/h3,12-15H,1,4-11H2,2H3/t13-,14+,15+,16+/m0/s1. The fourth-order valence-corrected chi connectivity index (χ4v) is 3.68. The van der Waals surface area contributed by atoms with Gasteiger partial charge in [-0.25, -0.2) is 0 Å². The second-order valence-electron chi connectivity index (χ2n) is 6.23. The van der Waals surface area contributed by atoms with Crippen molar-refractivity contribution in [3.63, 3.8) is 0 Å². The van der Waals surface area contributed by atoms with Gasteiger partial charge in [-0.3, -0.25) is 0 Å². The maximum atomic E-state index is 6.15. The monoisotopic (exact) mass is 282 g/mol. The van der Waals surface area contributed by atoms with E-state index in [9.17, 15) is 0 Å². The Morgan fingerprint density at radius 1 is 1.30 bits per heavy atom. The van der Waals surface area contributed by atoms with Crippen molar-refractivity contribution in [2.45, 2.75) is 62.6 Å². The van der Waals surface area contributed by atoms with Crippen LogP contribution in [-0.4, -0.2) is 44.4 Å². The highest BCUT2D eigenvalue weighted by Gasteiger charge is 2.54. The van der Waals surface area contributed by atoms with E-state index in [1.54, 1.807) is 13.2 Å². The summed E-state index contributed by atoms with van der Waals surface area (Å²) in [7, 11) is 1.69. The minimum Gasteiger partial charge on any atom is -0.375 e. The Kier molecular flexibility index (Phi) is 4.46. The summed E-state index contributed by atoms with van der Waals surface area (Å²) < 4.78 is 23.5. The van der Waals surface area contributed by atoms with Crippen LogP contribution in [0.5, 0.6) is 0 Å². The van der Waals surface area contributed by atoms with Crippen LogP contribution in [0.15, 0.2) is 12.7 Å². The first-order valence-electron chi connectivity index (χ1n) is 7.87. The van der Waals surface area contributed by atoms with Crippen LogP contribution in [0.25, 0.3) is 0 Å².